The molecule has 1 unspecified atom stereocenters. The SMILES string of the molecule is CC.CCC(C)c1ccc2c(c1)OCO2. The molecule has 0 amide bonds. The van der Waals surface area contributed by atoms with Crippen LogP contribution in [0.3, 0.4) is 0 Å². The Balaban J connectivity index is 0.000000531. The van der Waals surface area contributed by atoms with E-state index in [1.165, 1.54) is 5.56 Å². The van der Waals surface area contributed by atoms with Gasteiger partial charge in [0.2, 0.25) is 6.79 Å². The third-order valence-corrected chi connectivity index (χ3v) is 2.58. The molecule has 2 nitrogen and oxygen atoms in total. The maximum Gasteiger partial charge on any atom is 0.231 e. The van der Waals surface area contributed by atoms with Gasteiger partial charge in [-0.1, -0.05) is 33.8 Å². The predicted molar refractivity (Wildman–Crippen MR) is 62.6 cm³/mol. The summed E-state index contributed by atoms with van der Waals surface area (Å²) in [6, 6.07) is 6.18. The van der Waals surface area contributed by atoms with Gasteiger partial charge in [-0.25, -0.2) is 0 Å². The minimum absolute atomic E-state index is 0.360. The minimum atomic E-state index is 0.360. The van der Waals surface area contributed by atoms with E-state index >= 15 is 0 Å². The Morgan fingerprint density at radius 2 is 1.87 bits per heavy atom. The average molecular weight is 208 g/mol. The Morgan fingerprint density at radius 1 is 1.20 bits per heavy atom. The van der Waals surface area contributed by atoms with E-state index in [0.29, 0.717) is 12.7 Å². The van der Waals surface area contributed by atoms with Gasteiger partial charge in [0.15, 0.2) is 11.5 Å². The van der Waals surface area contributed by atoms with Gasteiger partial charge in [0.1, 0.15) is 0 Å². The van der Waals surface area contributed by atoms with Gasteiger partial charge in [0.25, 0.3) is 0 Å². The van der Waals surface area contributed by atoms with Gasteiger partial charge in [-0.2, -0.15) is 0 Å². The molecule has 2 heteroatoms. The summed E-state index contributed by atoms with van der Waals surface area (Å²) in [6.07, 6.45) is 1.15. The van der Waals surface area contributed by atoms with Crippen LogP contribution in [-0.4, -0.2) is 6.79 Å². The fraction of sp³-hybridized carbons (Fsp3) is 0.538. The van der Waals surface area contributed by atoms with E-state index in [1.54, 1.807) is 0 Å². The first-order chi connectivity index (χ1) is 7.31. The third kappa shape index (κ3) is 2.65. The average Bonchev–Trinajstić information content (AvgIpc) is 2.77. The molecule has 0 N–H and O–H groups in total. The van der Waals surface area contributed by atoms with E-state index in [4.69, 9.17) is 9.47 Å². The summed E-state index contributed by atoms with van der Waals surface area (Å²) in [5, 5.41) is 0. The van der Waals surface area contributed by atoms with Crippen molar-refractivity contribution in [1.29, 1.82) is 0 Å². The number of hydrogen-bond donors (Lipinski definition) is 0. The molecule has 0 spiro atoms. The summed E-state index contributed by atoms with van der Waals surface area (Å²) >= 11 is 0. The molecule has 15 heavy (non-hydrogen) atoms. The summed E-state index contributed by atoms with van der Waals surface area (Å²) in [5.74, 6) is 2.35. The molecule has 0 saturated carbocycles. The predicted octanol–water partition coefficient (Wildman–Crippen LogP) is 3.96. The van der Waals surface area contributed by atoms with Gasteiger partial charge in [-0.05, 0) is 30.0 Å². The minimum Gasteiger partial charge on any atom is -0.454 e. The van der Waals surface area contributed by atoms with Crippen molar-refractivity contribution in [3.63, 3.8) is 0 Å². The first-order valence-corrected chi connectivity index (χ1v) is 5.71. The zero-order valence-corrected chi connectivity index (χ0v) is 10.0. The van der Waals surface area contributed by atoms with Crippen molar-refractivity contribution in [2.24, 2.45) is 0 Å². The van der Waals surface area contributed by atoms with E-state index in [1.807, 2.05) is 19.9 Å². The molecule has 0 saturated heterocycles. The lowest BCUT2D eigenvalue weighted by molar-refractivity contribution is 0.174. The molecule has 1 aromatic carbocycles. The van der Waals surface area contributed by atoms with Crippen LogP contribution in [0.5, 0.6) is 11.5 Å². The van der Waals surface area contributed by atoms with Crippen LogP contribution in [0.4, 0.5) is 0 Å². The van der Waals surface area contributed by atoms with E-state index in [9.17, 15) is 0 Å². The summed E-state index contributed by atoms with van der Waals surface area (Å²) in [7, 11) is 0. The molecule has 1 heterocycles. The van der Waals surface area contributed by atoms with Crippen molar-refractivity contribution in [2.75, 3.05) is 6.79 Å². The zero-order chi connectivity index (χ0) is 11.3. The lowest BCUT2D eigenvalue weighted by atomic mass is 9.98. The summed E-state index contributed by atoms with van der Waals surface area (Å²) < 4.78 is 10.6. The van der Waals surface area contributed by atoms with Crippen LogP contribution in [0.25, 0.3) is 0 Å². The first-order valence-electron chi connectivity index (χ1n) is 5.71. The number of hydrogen-bond acceptors (Lipinski definition) is 2. The van der Waals surface area contributed by atoms with Gasteiger partial charge in [0, 0.05) is 0 Å². The van der Waals surface area contributed by atoms with Crippen molar-refractivity contribution >= 4 is 0 Å². The topological polar surface area (TPSA) is 18.5 Å². The molecule has 0 aromatic heterocycles. The Morgan fingerprint density at radius 3 is 2.53 bits per heavy atom. The van der Waals surface area contributed by atoms with Crippen molar-refractivity contribution < 1.29 is 9.47 Å². The van der Waals surface area contributed by atoms with Crippen LogP contribution < -0.4 is 9.47 Å². The van der Waals surface area contributed by atoms with Gasteiger partial charge < -0.3 is 9.47 Å². The van der Waals surface area contributed by atoms with Gasteiger partial charge in [-0.3, -0.25) is 0 Å². The van der Waals surface area contributed by atoms with E-state index in [-0.39, 0.29) is 0 Å². The van der Waals surface area contributed by atoms with Gasteiger partial charge in [-0.15, -0.1) is 0 Å². The van der Waals surface area contributed by atoms with Crippen molar-refractivity contribution in [3.05, 3.63) is 23.8 Å². The molecule has 0 fully saturated rings. The second kappa shape index (κ2) is 5.64. The highest BCUT2D eigenvalue weighted by Crippen LogP contribution is 2.34. The normalized spacial score (nSPS) is 14.1. The quantitative estimate of drug-likeness (QED) is 0.732. The van der Waals surface area contributed by atoms with Crippen LogP contribution in [0.2, 0.25) is 0 Å². The monoisotopic (exact) mass is 208 g/mol. The Hall–Kier alpha value is -1.18. The van der Waals surface area contributed by atoms with Gasteiger partial charge >= 0.3 is 0 Å². The van der Waals surface area contributed by atoms with E-state index in [2.05, 4.69) is 26.0 Å². The van der Waals surface area contributed by atoms with Crippen molar-refractivity contribution in [1.82, 2.24) is 0 Å². The standard InChI is InChI=1S/C11H14O2.C2H6/c1-3-8(2)9-4-5-10-11(6-9)13-7-12-10;1-2/h4-6,8H,3,7H2,1-2H3;1-2H3. The molecular weight excluding hydrogens is 188 g/mol. The fourth-order valence-electron chi connectivity index (χ4n) is 1.46. The maximum atomic E-state index is 5.31. The summed E-state index contributed by atoms with van der Waals surface area (Å²) in [5.41, 5.74) is 1.33. The molecule has 2 rings (SSSR count). The first kappa shape index (κ1) is 11.9. The second-order valence-electron chi connectivity index (χ2n) is 3.42. The highest BCUT2D eigenvalue weighted by molar-refractivity contribution is 5.45. The van der Waals surface area contributed by atoms with Crippen LogP contribution in [0.15, 0.2) is 18.2 Å². The molecule has 1 aliphatic heterocycles. The number of benzene rings is 1. The molecular formula is C13H20O2. The molecule has 1 atom stereocenters. The number of fused-ring (bicyclic) bond motifs is 1. The Labute approximate surface area is 92.2 Å². The Kier molecular flexibility index (Phi) is 4.47. The van der Waals surface area contributed by atoms with Gasteiger partial charge in [0.05, 0.1) is 0 Å². The van der Waals surface area contributed by atoms with Crippen LogP contribution in [0, 0.1) is 0 Å². The molecule has 84 valence electrons. The smallest absolute Gasteiger partial charge is 0.231 e. The van der Waals surface area contributed by atoms with Crippen LogP contribution >= 0.6 is 0 Å². The summed E-state index contributed by atoms with van der Waals surface area (Å²) in [4.78, 5) is 0. The largest absolute Gasteiger partial charge is 0.454 e. The molecule has 1 aliphatic rings. The molecule has 0 bridgehead atoms. The van der Waals surface area contributed by atoms with E-state index in [0.717, 1.165) is 17.9 Å². The summed E-state index contributed by atoms with van der Waals surface area (Å²) in [6.45, 7) is 8.77. The maximum absolute atomic E-state index is 5.31. The number of rotatable bonds is 2. The highest BCUT2D eigenvalue weighted by Gasteiger charge is 2.14. The van der Waals surface area contributed by atoms with Crippen LogP contribution in [-0.2, 0) is 0 Å². The molecule has 1 aromatic rings. The Bertz CT molecular complexity index is 307. The molecule has 0 aliphatic carbocycles. The van der Waals surface area contributed by atoms with Crippen molar-refractivity contribution in [2.45, 2.75) is 40.0 Å². The third-order valence-electron chi connectivity index (χ3n) is 2.58. The highest BCUT2D eigenvalue weighted by atomic mass is 16.7. The van der Waals surface area contributed by atoms with E-state index < -0.39 is 0 Å². The number of ether oxygens (including phenoxy) is 2. The fourth-order valence-corrected chi connectivity index (χ4v) is 1.46. The van der Waals surface area contributed by atoms with Crippen molar-refractivity contribution in [3.8, 4) is 11.5 Å². The lowest BCUT2D eigenvalue weighted by Crippen LogP contribution is -1.93. The second-order valence-corrected chi connectivity index (χ2v) is 3.42. The molecule has 0 radical (unpaired) electrons. The lowest BCUT2D eigenvalue weighted by Gasteiger charge is -2.08. The van der Waals surface area contributed by atoms with Crippen LogP contribution in [0.1, 0.15) is 45.6 Å². The zero-order valence-electron chi connectivity index (χ0n) is 10.0.